The van der Waals surface area contributed by atoms with Crippen LogP contribution in [0.3, 0.4) is 0 Å². The van der Waals surface area contributed by atoms with E-state index >= 15 is 0 Å². The van der Waals surface area contributed by atoms with Gasteiger partial charge in [-0.15, -0.1) is 0 Å². The molecule has 0 saturated carbocycles. The first-order valence-electron chi connectivity index (χ1n) is 3.21. The minimum absolute atomic E-state index is 0. The maximum Gasteiger partial charge on any atom is -0.00882 e. The van der Waals surface area contributed by atoms with E-state index in [1.165, 1.54) is 11.1 Å². The first-order chi connectivity index (χ1) is 4.47. The Morgan fingerprint density at radius 1 is 0.688 bits per heavy atom. The van der Waals surface area contributed by atoms with Gasteiger partial charge in [-0.25, -0.2) is 0 Å². The third kappa shape index (κ3) is 7.28. The molecule has 0 saturated heterocycles. The number of allylic oxidation sites excluding steroid dienone is 1. The van der Waals surface area contributed by atoms with E-state index < -0.39 is 0 Å². The summed E-state index contributed by atoms with van der Waals surface area (Å²) in [4.78, 5) is 0. The van der Waals surface area contributed by atoms with Gasteiger partial charge in [-0.05, 0) is 17.5 Å². The van der Waals surface area contributed by atoms with Crippen molar-refractivity contribution in [1.29, 1.82) is 0 Å². The molecule has 0 aliphatic heterocycles. The van der Waals surface area contributed by atoms with Crippen LogP contribution in [-0.2, 0) is 6.42 Å². The average molecular weight is 228 g/mol. The van der Waals surface area contributed by atoms with Crippen molar-refractivity contribution in [3.8, 4) is 0 Å². The Kier molecular flexibility index (Phi) is 37.2. The summed E-state index contributed by atoms with van der Waals surface area (Å²) in [5.74, 6) is 0. The summed E-state index contributed by atoms with van der Waals surface area (Å²) in [5, 5.41) is 0. The molecule has 0 radical (unpaired) electrons. The van der Waals surface area contributed by atoms with Crippen molar-refractivity contribution in [2.24, 2.45) is 0 Å². The van der Waals surface area contributed by atoms with Crippen LogP contribution in [0.4, 0.5) is 0 Å². The van der Waals surface area contributed by atoms with Crippen LogP contribution in [0.15, 0.2) is 30.3 Å². The second-order valence-corrected chi connectivity index (χ2v) is 2.31. The molecule has 1 aromatic rings. The quantitative estimate of drug-likeness (QED) is 0.463. The largest absolute Gasteiger partial charge is 0.0795 e. The van der Waals surface area contributed by atoms with Gasteiger partial charge in [0.25, 0.3) is 0 Å². The maximum atomic E-state index is 2.20. The Hall–Kier alpha value is -1.04. The van der Waals surface area contributed by atoms with E-state index in [4.69, 9.17) is 0 Å². The van der Waals surface area contributed by atoms with Gasteiger partial charge in [-0.2, -0.15) is 0 Å². The van der Waals surface area contributed by atoms with Gasteiger partial charge in [0, 0.05) is 0 Å². The van der Waals surface area contributed by atoms with Crippen molar-refractivity contribution >= 4 is 6.08 Å². The zero-order chi connectivity index (χ0) is 6.10. The zero-order valence-electron chi connectivity index (χ0n) is 5.17. The Labute approximate surface area is 106 Å². The van der Waals surface area contributed by atoms with E-state index in [1.54, 1.807) is 0 Å². The minimum Gasteiger partial charge on any atom is -0.0795 e. The lowest BCUT2D eigenvalue weighted by Gasteiger charge is -1.93. The molecule has 0 heteroatoms. The summed E-state index contributed by atoms with van der Waals surface area (Å²) in [7, 11) is 0. The predicted octanol–water partition coefficient (Wildman–Crippen LogP) is 6.71. The fraction of sp³-hybridized carbons (Fsp3) is 0.500. The molecule has 0 amide bonds. The lowest BCUT2D eigenvalue weighted by molar-refractivity contribution is 1.31. The lowest BCUT2D eigenvalue weighted by atomic mass is 10.1. The topological polar surface area (TPSA) is 0 Å². The van der Waals surface area contributed by atoms with Gasteiger partial charge in [-0.3, -0.25) is 0 Å². The summed E-state index contributed by atoms with van der Waals surface area (Å²) in [6, 6.07) is 8.49. The van der Waals surface area contributed by atoms with E-state index in [0.29, 0.717) is 0 Å². The van der Waals surface area contributed by atoms with Crippen LogP contribution < -0.4 is 0 Å². The van der Waals surface area contributed by atoms with Crippen LogP contribution >= 0.6 is 0 Å². The van der Waals surface area contributed by atoms with Crippen molar-refractivity contribution in [2.75, 3.05) is 0 Å². The summed E-state index contributed by atoms with van der Waals surface area (Å²) in [5.41, 5.74) is 2.84. The second-order valence-electron chi connectivity index (χ2n) is 2.31. The van der Waals surface area contributed by atoms with Crippen LogP contribution in [0, 0.1) is 0 Å². The van der Waals surface area contributed by atoms with Crippen molar-refractivity contribution in [3.63, 3.8) is 0 Å². The second kappa shape index (κ2) is 16.4. The molecule has 2 rings (SSSR count). The Morgan fingerprint density at radius 3 is 1.69 bits per heavy atom. The van der Waals surface area contributed by atoms with E-state index in [0.717, 1.165) is 6.42 Å². The zero-order valence-corrected chi connectivity index (χ0v) is 5.17. The molecule has 0 nitrogen and oxygen atoms in total. The van der Waals surface area contributed by atoms with Crippen molar-refractivity contribution in [2.45, 2.75) is 58.4 Å². The summed E-state index contributed by atoms with van der Waals surface area (Å²) in [6.45, 7) is 0. The van der Waals surface area contributed by atoms with Gasteiger partial charge in [0.05, 0.1) is 0 Å². The number of benzene rings is 1. The molecular weight excluding hydrogens is 192 g/mol. The first kappa shape index (κ1) is 36.3. The molecule has 1 aromatic carbocycles. The van der Waals surface area contributed by atoms with Gasteiger partial charge < -0.3 is 0 Å². The molecule has 0 spiro atoms. The number of rotatable bonds is 0. The molecule has 0 N–H and O–H groups in total. The minimum atomic E-state index is 0. The molecule has 0 fully saturated rings. The van der Waals surface area contributed by atoms with Crippen LogP contribution in [0.2, 0.25) is 0 Å². The van der Waals surface area contributed by atoms with Gasteiger partial charge in [-0.1, -0.05) is 88.4 Å². The van der Waals surface area contributed by atoms with Crippen LogP contribution in [0.5, 0.6) is 0 Å². The molecule has 0 aromatic heterocycles. The summed E-state index contributed by atoms with van der Waals surface area (Å²) >= 11 is 0. The van der Waals surface area contributed by atoms with Crippen LogP contribution in [0.1, 0.15) is 63.1 Å². The Morgan fingerprint density at radius 2 is 1.19 bits per heavy atom. The lowest BCUT2D eigenvalue weighted by Crippen LogP contribution is -1.76. The van der Waals surface area contributed by atoms with Crippen molar-refractivity contribution in [1.82, 2.24) is 0 Å². The van der Waals surface area contributed by atoms with Crippen LogP contribution in [0.25, 0.3) is 6.08 Å². The standard InChI is InChI=1S/C9H8.7CH4/c1-2-5-9-7-3-6-8(9)4-1;;;;;;;/h1-6H,7H2;7*1H4. The number of hydrogen-bond donors (Lipinski definition) is 0. The Balaban J connectivity index is -0.0000000357. The normalized spacial score (nSPS) is 7.75. The highest BCUT2D eigenvalue weighted by Crippen LogP contribution is 2.17. The number of hydrogen-bond acceptors (Lipinski definition) is 0. The highest BCUT2D eigenvalue weighted by molar-refractivity contribution is 5.59. The highest BCUT2D eigenvalue weighted by Gasteiger charge is 2.00. The van der Waals surface area contributed by atoms with Crippen molar-refractivity contribution in [3.05, 3.63) is 41.5 Å². The predicted molar refractivity (Wildman–Crippen MR) is 86.3 cm³/mol. The Bertz CT molecular complexity index is 246. The van der Waals surface area contributed by atoms with E-state index in [1.807, 2.05) is 0 Å². The molecule has 0 unspecified atom stereocenters. The molecule has 100 valence electrons. The van der Waals surface area contributed by atoms with Gasteiger partial charge >= 0.3 is 0 Å². The molecule has 16 heavy (non-hydrogen) atoms. The molecule has 0 atom stereocenters. The van der Waals surface area contributed by atoms with E-state index in [2.05, 4.69) is 36.4 Å². The van der Waals surface area contributed by atoms with Gasteiger partial charge in [0.1, 0.15) is 0 Å². The summed E-state index contributed by atoms with van der Waals surface area (Å²) < 4.78 is 0. The molecular formula is C16H36. The smallest absolute Gasteiger partial charge is 0.00882 e. The molecule has 1 aliphatic rings. The van der Waals surface area contributed by atoms with E-state index in [9.17, 15) is 0 Å². The first-order valence-corrected chi connectivity index (χ1v) is 3.21. The maximum absolute atomic E-state index is 2.20. The third-order valence-corrected chi connectivity index (χ3v) is 1.69. The fourth-order valence-electron chi connectivity index (χ4n) is 1.20. The van der Waals surface area contributed by atoms with Gasteiger partial charge in [0.2, 0.25) is 0 Å². The molecule has 0 bridgehead atoms. The monoisotopic (exact) mass is 228 g/mol. The summed E-state index contributed by atoms with van der Waals surface area (Å²) in [6.07, 6.45) is 5.50. The third-order valence-electron chi connectivity index (χ3n) is 1.69. The molecule has 0 heterocycles. The van der Waals surface area contributed by atoms with Gasteiger partial charge in [0.15, 0.2) is 0 Å². The highest BCUT2D eigenvalue weighted by atomic mass is 14.0. The van der Waals surface area contributed by atoms with E-state index in [-0.39, 0.29) is 52.0 Å². The molecule has 1 aliphatic carbocycles. The van der Waals surface area contributed by atoms with Crippen molar-refractivity contribution < 1.29 is 0 Å². The van der Waals surface area contributed by atoms with Crippen LogP contribution in [-0.4, -0.2) is 0 Å². The SMILES string of the molecule is C.C.C.C.C.C.C.C1=Cc2ccccc2C1. The fourth-order valence-corrected chi connectivity index (χ4v) is 1.20. The number of fused-ring (bicyclic) bond motifs is 1. The average Bonchev–Trinajstić information content (AvgIpc) is 2.33.